The van der Waals surface area contributed by atoms with E-state index in [-0.39, 0.29) is 5.78 Å². The quantitative estimate of drug-likeness (QED) is 0.702. The number of aromatic nitrogens is 1. The van der Waals surface area contributed by atoms with Crippen molar-refractivity contribution in [3.63, 3.8) is 0 Å². The van der Waals surface area contributed by atoms with Gasteiger partial charge in [0.2, 0.25) is 0 Å². The highest BCUT2D eigenvalue weighted by atomic mass is 16.1. The summed E-state index contributed by atoms with van der Waals surface area (Å²) in [4.78, 5) is 15.1. The third-order valence-corrected chi connectivity index (χ3v) is 1.73. The summed E-state index contributed by atoms with van der Waals surface area (Å²) >= 11 is 0. The summed E-state index contributed by atoms with van der Waals surface area (Å²) in [5.74, 6) is -0.0429. The second kappa shape index (κ2) is 6.71. The minimum atomic E-state index is -0.0429. The molecule has 0 radical (unpaired) electrons. The molecular weight excluding hydrogens is 186 g/mol. The molecule has 0 fully saturated rings. The van der Waals surface area contributed by atoms with Crippen molar-refractivity contribution < 1.29 is 4.79 Å². The Morgan fingerprint density at radius 1 is 1.27 bits per heavy atom. The highest BCUT2D eigenvalue weighted by Crippen LogP contribution is 2.10. The summed E-state index contributed by atoms with van der Waals surface area (Å²) in [6.07, 6.45) is 3.30. The lowest BCUT2D eigenvalue weighted by molar-refractivity contribution is 0.101. The minimum absolute atomic E-state index is 0.0429. The predicted molar refractivity (Wildman–Crippen MR) is 65.8 cm³/mol. The molecule has 0 unspecified atom stereocenters. The highest BCUT2D eigenvalue weighted by Gasteiger charge is 2.03. The second-order valence-electron chi connectivity index (χ2n) is 2.64. The molecule has 0 bridgehead atoms. The van der Waals surface area contributed by atoms with Crippen LogP contribution >= 0.6 is 0 Å². The maximum Gasteiger partial charge on any atom is 0.178 e. The Morgan fingerprint density at radius 3 is 2.27 bits per heavy atom. The van der Waals surface area contributed by atoms with E-state index in [1.807, 2.05) is 19.9 Å². The highest BCUT2D eigenvalue weighted by molar-refractivity contribution is 5.92. The van der Waals surface area contributed by atoms with E-state index in [4.69, 9.17) is 0 Å². The number of carbonyl (C=O) groups is 1. The van der Waals surface area contributed by atoms with Gasteiger partial charge in [-0.25, -0.2) is 4.98 Å². The van der Waals surface area contributed by atoms with Gasteiger partial charge in [-0.05, 0) is 17.7 Å². The zero-order valence-corrected chi connectivity index (χ0v) is 9.58. The average Bonchev–Trinajstić information content (AvgIpc) is 2.30. The molecule has 1 aromatic heterocycles. The topological polar surface area (TPSA) is 30.0 Å². The van der Waals surface area contributed by atoms with Crippen LogP contribution in [0.15, 0.2) is 25.3 Å². The lowest BCUT2D eigenvalue weighted by atomic mass is 10.1. The van der Waals surface area contributed by atoms with E-state index < -0.39 is 0 Å². The van der Waals surface area contributed by atoms with E-state index in [2.05, 4.69) is 18.1 Å². The first kappa shape index (κ1) is 13.3. The first-order chi connectivity index (χ1) is 7.19. The summed E-state index contributed by atoms with van der Waals surface area (Å²) in [5, 5.41) is 0. The maximum atomic E-state index is 11.0. The van der Waals surface area contributed by atoms with Crippen LogP contribution in [0.4, 0.5) is 0 Å². The van der Waals surface area contributed by atoms with Crippen LogP contribution in [-0.2, 0) is 0 Å². The molecule has 15 heavy (non-hydrogen) atoms. The standard InChI is InChI=1S/C11H11NO.C2H6/c1-4-9-6-7-11(8(3)13)12-10(9)5-2;1-2/h4-7H,1-2H2,3H3;1-2H3. The summed E-state index contributed by atoms with van der Waals surface area (Å²) in [6.45, 7) is 12.7. The molecule has 1 rings (SSSR count). The molecular formula is C13H17NO. The Balaban J connectivity index is 0.000000921. The summed E-state index contributed by atoms with van der Waals surface area (Å²) in [6, 6.07) is 3.50. The molecule has 2 nitrogen and oxygen atoms in total. The van der Waals surface area contributed by atoms with E-state index in [1.165, 1.54) is 6.92 Å². The van der Waals surface area contributed by atoms with Crippen LogP contribution in [-0.4, -0.2) is 10.8 Å². The normalized spacial score (nSPS) is 8.47. The Bertz CT molecular complexity index is 367. The van der Waals surface area contributed by atoms with Crippen molar-refractivity contribution in [3.05, 3.63) is 42.2 Å². The minimum Gasteiger partial charge on any atom is -0.293 e. The largest absolute Gasteiger partial charge is 0.293 e. The van der Waals surface area contributed by atoms with Gasteiger partial charge in [-0.15, -0.1) is 0 Å². The molecule has 0 aliphatic heterocycles. The summed E-state index contributed by atoms with van der Waals surface area (Å²) < 4.78 is 0. The molecule has 0 atom stereocenters. The van der Waals surface area contributed by atoms with Crippen molar-refractivity contribution in [3.8, 4) is 0 Å². The molecule has 0 amide bonds. The van der Waals surface area contributed by atoms with Crippen molar-refractivity contribution >= 4 is 17.9 Å². The van der Waals surface area contributed by atoms with Gasteiger partial charge in [0.15, 0.2) is 5.78 Å². The van der Waals surface area contributed by atoms with Gasteiger partial charge in [0.1, 0.15) is 5.69 Å². The van der Waals surface area contributed by atoms with E-state index in [0.717, 1.165) is 5.56 Å². The lowest BCUT2D eigenvalue weighted by Gasteiger charge is -2.01. The van der Waals surface area contributed by atoms with E-state index >= 15 is 0 Å². The van der Waals surface area contributed by atoms with Crippen LogP contribution in [0, 0.1) is 0 Å². The fourth-order valence-corrected chi connectivity index (χ4v) is 1.02. The Kier molecular flexibility index (Phi) is 5.95. The van der Waals surface area contributed by atoms with Crippen molar-refractivity contribution in [1.29, 1.82) is 0 Å². The number of pyridine rings is 1. The van der Waals surface area contributed by atoms with E-state index in [0.29, 0.717) is 11.4 Å². The van der Waals surface area contributed by atoms with Crippen LogP contribution in [0.2, 0.25) is 0 Å². The number of hydrogen-bond acceptors (Lipinski definition) is 2. The smallest absolute Gasteiger partial charge is 0.178 e. The van der Waals surface area contributed by atoms with Crippen LogP contribution < -0.4 is 0 Å². The molecule has 0 aliphatic rings. The molecule has 0 saturated carbocycles. The second-order valence-corrected chi connectivity index (χ2v) is 2.64. The van der Waals surface area contributed by atoms with Gasteiger partial charge in [-0.1, -0.05) is 39.1 Å². The molecule has 0 aromatic carbocycles. The van der Waals surface area contributed by atoms with Crippen molar-refractivity contribution in [2.45, 2.75) is 20.8 Å². The third kappa shape index (κ3) is 3.50. The van der Waals surface area contributed by atoms with E-state index in [9.17, 15) is 4.79 Å². The first-order valence-electron chi connectivity index (χ1n) is 4.96. The van der Waals surface area contributed by atoms with Gasteiger partial charge in [0, 0.05) is 6.92 Å². The van der Waals surface area contributed by atoms with Crippen molar-refractivity contribution in [2.75, 3.05) is 0 Å². The zero-order chi connectivity index (χ0) is 11.8. The summed E-state index contributed by atoms with van der Waals surface area (Å²) in [7, 11) is 0. The number of Topliss-reactive ketones (excluding diaryl/α,β-unsaturated/α-hetero) is 1. The molecule has 0 spiro atoms. The van der Waals surface area contributed by atoms with Crippen LogP contribution in [0.5, 0.6) is 0 Å². The van der Waals surface area contributed by atoms with Gasteiger partial charge in [-0.3, -0.25) is 4.79 Å². The van der Waals surface area contributed by atoms with Gasteiger partial charge in [-0.2, -0.15) is 0 Å². The Morgan fingerprint density at radius 2 is 1.87 bits per heavy atom. The molecule has 1 heterocycles. The molecule has 2 heteroatoms. The maximum absolute atomic E-state index is 11.0. The van der Waals surface area contributed by atoms with Crippen molar-refractivity contribution in [2.24, 2.45) is 0 Å². The number of hydrogen-bond donors (Lipinski definition) is 0. The molecule has 1 aromatic rings. The summed E-state index contributed by atoms with van der Waals surface area (Å²) in [5.41, 5.74) is 2.04. The first-order valence-corrected chi connectivity index (χ1v) is 4.96. The Hall–Kier alpha value is -1.70. The van der Waals surface area contributed by atoms with Gasteiger partial charge < -0.3 is 0 Å². The number of nitrogens with zero attached hydrogens (tertiary/aromatic N) is 1. The van der Waals surface area contributed by atoms with Crippen molar-refractivity contribution in [1.82, 2.24) is 4.98 Å². The third-order valence-electron chi connectivity index (χ3n) is 1.73. The van der Waals surface area contributed by atoms with Gasteiger partial charge >= 0.3 is 0 Å². The molecule has 0 saturated heterocycles. The van der Waals surface area contributed by atoms with Crippen LogP contribution in [0.3, 0.4) is 0 Å². The number of carbonyl (C=O) groups excluding carboxylic acids is 1. The molecule has 0 aliphatic carbocycles. The van der Waals surface area contributed by atoms with Gasteiger partial charge in [0.05, 0.1) is 5.69 Å². The fourth-order valence-electron chi connectivity index (χ4n) is 1.02. The van der Waals surface area contributed by atoms with E-state index in [1.54, 1.807) is 18.2 Å². The Labute approximate surface area is 91.4 Å². The zero-order valence-electron chi connectivity index (χ0n) is 9.58. The lowest BCUT2D eigenvalue weighted by Crippen LogP contribution is -1.99. The molecule has 0 N–H and O–H groups in total. The number of rotatable bonds is 3. The van der Waals surface area contributed by atoms with Gasteiger partial charge in [0.25, 0.3) is 0 Å². The monoisotopic (exact) mass is 203 g/mol. The van der Waals surface area contributed by atoms with Crippen LogP contribution in [0.1, 0.15) is 42.5 Å². The predicted octanol–water partition coefficient (Wildman–Crippen LogP) is 3.60. The fraction of sp³-hybridized carbons (Fsp3) is 0.231. The average molecular weight is 203 g/mol. The number of ketones is 1. The molecule has 80 valence electrons. The SMILES string of the molecule is C=Cc1ccc(C(C)=O)nc1C=C.CC. The van der Waals surface area contributed by atoms with Crippen LogP contribution in [0.25, 0.3) is 12.2 Å².